The van der Waals surface area contributed by atoms with Crippen molar-refractivity contribution in [1.82, 2.24) is 9.55 Å². The van der Waals surface area contributed by atoms with Crippen molar-refractivity contribution in [3.8, 4) is 0 Å². The number of esters is 1. The molecule has 0 aliphatic rings. The normalized spacial score (nSPS) is 11.2. The fourth-order valence-electron chi connectivity index (χ4n) is 3.03. The minimum Gasteiger partial charge on any atom is -0.464 e. The van der Waals surface area contributed by atoms with Crippen molar-refractivity contribution in [3.05, 3.63) is 41.7 Å². The van der Waals surface area contributed by atoms with Crippen LogP contribution in [-0.2, 0) is 11.3 Å². The number of aromatic nitrogens is 2. The third kappa shape index (κ3) is 2.25. The second kappa shape index (κ2) is 5.79. The molecule has 0 bridgehead atoms. The molecule has 114 valence electrons. The number of carbonyl (C=O) groups is 1. The molecule has 22 heavy (non-hydrogen) atoms. The first-order valence-corrected chi connectivity index (χ1v) is 7.64. The van der Waals surface area contributed by atoms with Crippen LogP contribution in [0.25, 0.3) is 21.8 Å². The Morgan fingerprint density at radius 1 is 1.27 bits per heavy atom. The quantitative estimate of drug-likeness (QED) is 0.681. The van der Waals surface area contributed by atoms with Crippen LogP contribution in [0.4, 0.5) is 0 Å². The molecule has 1 aromatic carbocycles. The van der Waals surface area contributed by atoms with Crippen LogP contribution in [0.3, 0.4) is 0 Å². The fraction of sp³-hybridized carbons (Fsp3) is 0.333. The molecule has 0 atom stereocenters. The number of hydrogen-bond acceptors (Lipinski definition) is 3. The zero-order valence-electron chi connectivity index (χ0n) is 13.2. The zero-order valence-corrected chi connectivity index (χ0v) is 13.2. The third-order valence-corrected chi connectivity index (χ3v) is 4.05. The zero-order chi connectivity index (χ0) is 15.7. The maximum absolute atomic E-state index is 11.8. The molecule has 3 rings (SSSR count). The summed E-state index contributed by atoms with van der Waals surface area (Å²) in [6.07, 6.45) is 2.26. The minimum atomic E-state index is -0.393. The number of rotatable bonds is 4. The van der Waals surface area contributed by atoms with Crippen molar-refractivity contribution in [3.63, 3.8) is 0 Å². The highest BCUT2D eigenvalue weighted by Gasteiger charge is 2.17. The molecule has 3 aromatic rings. The van der Waals surface area contributed by atoms with Crippen LogP contribution in [0.1, 0.15) is 35.9 Å². The lowest BCUT2D eigenvalue weighted by Gasteiger charge is -2.08. The Labute approximate surface area is 129 Å². The lowest BCUT2D eigenvalue weighted by atomic mass is 10.1. The van der Waals surface area contributed by atoms with E-state index in [-0.39, 0.29) is 0 Å². The Balaban J connectivity index is 2.35. The summed E-state index contributed by atoms with van der Waals surface area (Å²) in [7, 11) is 1.38. The molecule has 0 aliphatic heterocycles. The molecular weight excluding hydrogens is 276 g/mol. The fourth-order valence-corrected chi connectivity index (χ4v) is 3.03. The Bertz CT molecular complexity index is 849. The van der Waals surface area contributed by atoms with E-state index < -0.39 is 5.97 Å². The number of methoxy groups -OCH3 is 1. The first-order chi connectivity index (χ1) is 10.7. The molecule has 0 aliphatic carbocycles. The molecule has 4 heteroatoms. The molecule has 0 spiro atoms. The molecule has 0 unspecified atom stereocenters. The topological polar surface area (TPSA) is 44.1 Å². The largest absolute Gasteiger partial charge is 0.464 e. The van der Waals surface area contributed by atoms with E-state index in [1.807, 2.05) is 25.1 Å². The lowest BCUT2D eigenvalue weighted by molar-refractivity contribution is 0.0594. The number of pyridine rings is 1. The van der Waals surface area contributed by atoms with Gasteiger partial charge in [0.15, 0.2) is 0 Å². The Morgan fingerprint density at radius 2 is 2.05 bits per heavy atom. The van der Waals surface area contributed by atoms with Gasteiger partial charge in [-0.2, -0.15) is 0 Å². The van der Waals surface area contributed by atoms with Crippen LogP contribution in [0.2, 0.25) is 0 Å². The molecule has 0 fully saturated rings. The minimum absolute atomic E-state index is 0.367. The summed E-state index contributed by atoms with van der Waals surface area (Å²) in [5, 5.41) is 2.23. The third-order valence-electron chi connectivity index (χ3n) is 4.05. The Hall–Kier alpha value is -2.36. The number of unbranched alkanes of at least 4 members (excludes halogenated alkanes) is 1. The predicted octanol–water partition coefficient (Wildman–Crippen LogP) is 4.08. The summed E-state index contributed by atoms with van der Waals surface area (Å²) < 4.78 is 7.13. The number of hydrogen-bond donors (Lipinski definition) is 0. The van der Waals surface area contributed by atoms with E-state index in [9.17, 15) is 4.79 Å². The summed E-state index contributed by atoms with van der Waals surface area (Å²) in [4.78, 5) is 16.3. The number of benzene rings is 1. The van der Waals surface area contributed by atoms with Gasteiger partial charge in [0, 0.05) is 22.8 Å². The van der Waals surface area contributed by atoms with E-state index in [1.165, 1.54) is 12.6 Å². The molecule has 0 saturated carbocycles. The summed E-state index contributed by atoms with van der Waals surface area (Å²) in [6.45, 7) is 5.10. The maximum atomic E-state index is 11.8. The lowest BCUT2D eigenvalue weighted by Crippen LogP contribution is -2.06. The SMILES string of the molecule is CCCCn1c2ccccc2c2cc(C(=O)OC)nc(C)c21. The summed E-state index contributed by atoms with van der Waals surface area (Å²) >= 11 is 0. The number of carbonyl (C=O) groups excluding carboxylic acids is 1. The van der Waals surface area contributed by atoms with Crippen molar-refractivity contribution in [2.24, 2.45) is 0 Å². The average Bonchev–Trinajstić information content (AvgIpc) is 2.86. The van der Waals surface area contributed by atoms with Crippen LogP contribution in [0, 0.1) is 6.92 Å². The van der Waals surface area contributed by atoms with Crippen LogP contribution in [-0.4, -0.2) is 22.6 Å². The van der Waals surface area contributed by atoms with Gasteiger partial charge >= 0.3 is 5.97 Å². The van der Waals surface area contributed by atoms with E-state index >= 15 is 0 Å². The number of aryl methyl sites for hydroxylation is 2. The highest BCUT2D eigenvalue weighted by Crippen LogP contribution is 2.31. The van der Waals surface area contributed by atoms with E-state index in [1.54, 1.807) is 0 Å². The highest BCUT2D eigenvalue weighted by molar-refractivity contribution is 6.10. The molecule has 2 heterocycles. The Kier molecular flexibility index (Phi) is 3.84. The second-order valence-electron chi connectivity index (χ2n) is 5.50. The van der Waals surface area contributed by atoms with E-state index in [0.29, 0.717) is 5.69 Å². The number of nitrogens with zero attached hydrogens (tertiary/aromatic N) is 2. The van der Waals surface area contributed by atoms with Crippen molar-refractivity contribution in [1.29, 1.82) is 0 Å². The van der Waals surface area contributed by atoms with Gasteiger partial charge in [0.05, 0.1) is 18.3 Å². The van der Waals surface area contributed by atoms with Gasteiger partial charge in [0.25, 0.3) is 0 Å². The first kappa shape index (κ1) is 14.6. The number of ether oxygens (including phenoxy) is 1. The van der Waals surface area contributed by atoms with Gasteiger partial charge in [-0.1, -0.05) is 31.5 Å². The molecule has 0 radical (unpaired) electrons. The van der Waals surface area contributed by atoms with Gasteiger partial charge in [-0.3, -0.25) is 0 Å². The van der Waals surface area contributed by atoms with Gasteiger partial charge in [-0.25, -0.2) is 9.78 Å². The predicted molar refractivity (Wildman–Crippen MR) is 88.2 cm³/mol. The second-order valence-corrected chi connectivity index (χ2v) is 5.50. The van der Waals surface area contributed by atoms with Crippen LogP contribution in [0.5, 0.6) is 0 Å². The molecular formula is C18H20N2O2. The summed E-state index contributed by atoms with van der Waals surface area (Å²) in [6, 6.07) is 10.1. The smallest absolute Gasteiger partial charge is 0.356 e. The van der Waals surface area contributed by atoms with Crippen molar-refractivity contribution in [2.75, 3.05) is 7.11 Å². The van der Waals surface area contributed by atoms with E-state index in [4.69, 9.17) is 4.74 Å². The molecule has 4 nitrogen and oxygen atoms in total. The molecule has 2 aromatic heterocycles. The molecule has 0 saturated heterocycles. The van der Waals surface area contributed by atoms with Gasteiger partial charge in [-0.15, -0.1) is 0 Å². The van der Waals surface area contributed by atoms with Crippen molar-refractivity contribution >= 4 is 27.8 Å². The number of fused-ring (bicyclic) bond motifs is 3. The van der Waals surface area contributed by atoms with Gasteiger partial charge < -0.3 is 9.30 Å². The number of para-hydroxylation sites is 1. The first-order valence-electron chi connectivity index (χ1n) is 7.64. The Morgan fingerprint density at radius 3 is 2.77 bits per heavy atom. The molecule has 0 amide bonds. The summed E-state index contributed by atoms with van der Waals surface area (Å²) in [5.74, 6) is -0.393. The maximum Gasteiger partial charge on any atom is 0.356 e. The standard InChI is InChI=1S/C18H20N2O2/c1-4-5-10-20-16-9-7-6-8-13(16)14-11-15(18(21)22-3)19-12(2)17(14)20/h6-9,11H,4-5,10H2,1-3H3. The van der Waals surface area contributed by atoms with Crippen LogP contribution in [0.15, 0.2) is 30.3 Å². The van der Waals surface area contributed by atoms with Gasteiger partial charge in [-0.05, 0) is 25.5 Å². The van der Waals surface area contributed by atoms with Crippen molar-refractivity contribution < 1.29 is 9.53 Å². The van der Waals surface area contributed by atoms with Gasteiger partial charge in [0.2, 0.25) is 0 Å². The van der Waals surface area contributed by atoms with Crippen LogP contribution < -0.4 is 0 Å². The van der Waals surface area contributed by atoms with E-state index in [0.717, 1.165) is 41.4 Å². The molecule has 0 N–H and O–H groups in total. The highest BCUT2D eigenvalue weighted by atomic mass is 16.5. The van der Waals surface area contributed by atoms with Crippen LogP contribution >= 0.6 is 0 Å². The van der Waals surface area contributed by atoms with E-state index in [2.05, 4.69) is 28.6 Å². The van der Waals surface area contributed by atoms with Crippen molar-refractivity contribution in [2.45, 2.75) is 33.2 Å². The monoisotopic (exact) mass is 296 g/mol. The van der Waals surface area contributed by atoms with Gasteiger partial charge in [0.1, 0.15) is 5.69 Å². The average molecular weight is 296 g/mol. The summed E-state index contributed by atoms with van der Waals surface area (Å²) in [5.41, 5.74) is 3.54.